The molecule has 1 saturated heterocycles. The van der Waals surface area contributed by atoms with Gasteiger partial charge in [-0.25, -0.2) is 9.67 Å². The van der Waals surface area contributed by atoms with E-state index >= 15 is 0 Å². The fourth-order valence-corrected chi connectivity index (χ4v) is 3.66. The average molecular weight is 337 g/mol. The highest BCUT2D eigenvalue weighted by molar-refractivity contribution is 6.30. The van der Waals surface area contributed by atoms with Crippen molar-refractivity contribution in [2.24, 2.45) is 0 Å². The van der Waals surface area contributed by atoms with Gasteiger partial charge in [0.15, 0.2) is 5.65 Å². The summed E-state index contributed by atoms with van der Waals surface area (Å²) >= 11 is 6.45. The molecule has 0 aromatic carbocycles. The molecule has 3 rings (SSSR count). The van der Waals surface area contributed by atoms with Crippen molar-refractivity contribution in [3.05, 3.63) is 23.0 Å². The van der Waals surface area contributed by atoms with Gasteiger partial charge in [0, 0.05) is 36.2 Å². The van der Waals surface area contributed by atoms with Crippen LogP contribution in [0.4, 0.5) is 0 Å². The Bertz CT molecular complexity index is 670. The van der Waals surface area contributed by atoms with Crippen LogP contribution in [-0.4, -0.2) is 44.0 Å². The van der Waals surface area contributed by atoms with Crippen LogP contribution in [0, 0.1) is 0 Å². The van der Waals surface area contributed by atoms with Crippen LogP contribution in [0.25, 0.3) is 11.0 Å². The summed E-state index contributed by atoms with van der Waals surface area (Å²) in [6.45, 7) is 6.37. The van der Waals surface area contributed by atoms with Gasteiger partial charge in [-0.1, -0.05) is 11.6 Å². The number of hydrogen-bond donors (Lipinski definition) is 1. The zero-order valence-corrected chi connectivity index (χ0v) is 14.6. The third-order valence-electron chi connectivity index (χ3n) is 4.65. The number of halogens is 1. The van der Waals surface area contributed by atoms with Crippen LogP contribution >= 0.6 is 11.6 Å². The van der Waals surface area contributed by atoms with E-state index in [1.54, 1.807) is 0 Å². The molecule has 2 aromatic heterocycles. The van der Waals surface area contributed by atoms with Crippen LogP contribution in [0.2, 0.25) is 5.15 Å². The van der Waals surface area contributed by atoms with Gasteiger partial charge in [-0.3, -0.25) is 4.90 Å². The molecule has 2 aromatic rings. The number of fused-ring (bicyclic) bond motifs is 1. The van der Waals surface area contributed by atoms with Crippen molar-refractivity contribution < 1.29 is 5.11 Å². The van der Waals surface area contributed by atoms with Gasteiger partial charge in [0.25, 0.3) is 0 Å². The van der Waals surface area contributed by atoms with Crippen molar-refractivity contribution in [3.8, 4) is 0 Å². The first-order valence-electron chi connectivity index (χ1n) is 8.47. The lowest BCUT2D eigenvalue weighted by Gasteiger charge is -2.24. The number of rotatable bonds is 6. The topological polar surface area (TPSA) is 54.2 Å². The number of hydrogen-bond acceptors (Lipinski definition) is 4. The molecule has 5 nitrogen and oxygen atoms in total. The predicted molar refractivity (Wildman–Crippen MR) is 92.7 cm³/mol. The summed E-state index contributed by atoms with van der Waals surface area (Å²) in [6, 6.07) is 2.94. The highest BCUT2D eigenvalue weighted by Crippen LogP contribution is 2.28. The Morgan fingerprint density at radius 3 is 3.00 bits per heavy atom. The number of aliphatic hydroxyl groups is 1. The van der Waals surface area contributed by atoms with E-state index in [9.17, 15) is 0 Å². The second-order valence-corrected chi connectivity index (χ2v) is 7.02. The van der Waals surface area contributed by atoms with Crippen molar-refractivity contribution in [2.45, 2.75) is 58.2 Å². The van der Waals surface area contributed by atoms with E-state index in [2.05, 4.69) is 34.9 Å². The van der Waals surface area contributed by atoms with Gasteiger partial charge in [-0.15, -0.1) is 0 Å². The van der Waals surface area contributed by atoms with Gasteiger partial charge >= 0.3 is 0 Å². The summed E-state index contributed by atoms with van der Waals surface area (Å²) in [5, 5.41) is 15.1. The van der Waals surface area contributed by atoms with Crippen LogP contribution in [0.5, 0.6) is 0 Å². The zero-order valence-electron chi connectivity index (χ0n) is 13.9. The molecule has 23 heavy (non-hydrogen) atoms. The molecule has 0 bridgehead atoms. The molecule has 1 unspecified atom stereocenters. The van der Waals surface area contributed by atoms with Crippen molar-refractivity contribution in [1.29, 1.82) is 0 Å². The number of aliphatic hydroxyl groups excluding tert-OH is 1. The van der Waals surface area contributed by atoms with E-state index in [0.717, 1.165) is 42.5 Å². The summed E-state index contributed by atoms with van der Waals surface area (Å²) in [5.74, 6) is 0. The van der Waals surface area contributed by atoms with Gasteiger partial charge in [0.1, 0.15) is 5.15 Å². The van der Waals surface area contributed by atoms with Gasteiger partial charge in [-0.2, -0.15) is 5.10 Å². The molecule has 1 aliphatic heterocycles. The molecule has 126 valence electrons. The minimum Gasteiger partial charge on any atom is -0.396 e. The number of nitrogens with zero attached hydrogens (tertiary/aromatic N) is 4. The minimum absolute atomic E-state index is 0.267. The molecule has 1 atom stereocenters. The maximum absolute atomic E-state index is 9.05. The van der Waals surface area contributed by atoms with E-state index in [1.165, 1.54) is 12.8 Å². The fraction of sp³-hybridized carbons (Fsp3) is 0.647. The van der Waals surface area contributed by atoms with Crippen LogP contribution in [0.15, 0.2) is 12.3 Å². The van der Waals surface area contributed by atoms with E-state index < -0.39 is 0 Å². The molecule has 6 heteroatoms. The van der Waals surface area contributed by atoms with Crippen molar-refractivity contribution >= 4 is 22.6 Å². The number of likely N-dealkylation sites (tertiary alicyclic amines) is 1. The van der Waals surface area contributed by atoms with Crippen molar-refractivity contribution in [3.63, 3.8) is 0 Å². The maximum Gasteiger partial charge on any atom is 0.159 e. The van der Waals surface area contributed by atoms with Gasteiger partial charge < -0.3 is 5.11 Å². The van der Waals surface area contributed by atoms with Crippen LogP contribution < -0.4 is 0 Å². The fourth-order valence-electron chi connectivity index (χ4n) is 3.46. The SMILES string of the molecule is CC(C)n1ncc2cc(CN3CCCC3CCCO)c(Cl)nc21. The molecule has 1 aliphatic rings. The third-order valence-corrected chi connectivity index (χ3v) is 4.98. The first kappa shape index (κ1) is 16.7. The molecule has 0 saturated carbocycles. The molecule has 0 amide bonds. The van der Waals surface area contributed by atoms with Gasteiger partial charge in [-0.05, 0) is 52.1 Å². The van der Waals surface area contributed by atoms with E-state index in [4.69, 9.17) is 16.7 Å². The molecule has 3 heterocycles. The summed E-state index contributed by atoms with van der Waals surface area (Å²) in [7, 11) is 0. The Balaban J connectivity index is 1.81. The Labute approximate surface area is 142 Å². The average Bonchev–Trinajstić information content (AvgIpc) is 3.12. The highest BCUT2D eigenvalue weighted by Gasteiger charge is 2.25. The second-order valence-electron chi connectivity index (χ2n) is 6.67. The first-order chi connectivity index (χ1) is 11.1. The predicted octanol–water partition coefficient (Wildman–Crippen LogP) is 3.40. The van der Waals surface area contributed by atoms with E-state index in [0.29, 0.717) is 11.2 Å². The molecule has 0 radical (unpaired) electrons. The Morgan fingerprint density at radius 1 is 1.43 bits per heavy atom. The highest BCUT2D eigenvalue weighted by atomic mass is 35.5. The maximum atomic E-state index is 9.05. The lowest BCUT2D eigenvalue weighted by molar-refractivity contribution is 0.210. The second kappa shape index (κ2) is 7.16. The minimum atomic E-state index is 0.267. The molecule has 0 aliphatic carbocycles. The normalized spacial score (nSPS) is 19.3. The summed E-state index contributed by atoms with van der Waals surface area (Å²) in [4.78, 5) is 7.05. The monoisotopic (exact) mass is 336 g/mol. The van der Waals surface area contributed by atoms with E-state index in [-0.39, 0.29) is 12.6 Å². The standard InChI is InChI=1S/C17H25ClN4O/c1-12(2)22-17-13(10-19-22)9-14(16(18)20-17)11-21-7-3-5-15(21)6-4-8-23/h9-10,12,15,23H,3-8,11H2,1-2H3. The quantitative estimate of drug-likeness (QED) is 0.821. The van der Waals surface area contributed by atoms with Gasteiger partial charge in [0.05, 0.1) is 6.20 Å². The largest absolute Gasteiger partial charge is 0.396 e. The van der Waals surface area contributed by atoms with E-state index in [1.807, 2.05) is 10.9 Å². The number of aromatic nitrogens is 3. The molecular weight excluding hydrogens is 312 g/mol. The van der Waals surface area contributed by atoms with Crippen LogP contribution in [0.3, 0.4) is 0 Å². The van der Waals surface area contributed by atoms with Crippen molar-refractivity contribution in [1.82, 2.24) is 19.7 Å². The lowest BCUT2D eigenvalue weighted by atomic mass is 10.1. The first-order valence-corrected chi connectivity index (χ1v) is 8.85. The Kier molecular flexibility index (Phi) is 5.19. The van der Waals surface area contributed by atoms with Gasteiger partial charge in [0.2, 0.25) is 0 Å². The zero-order chi connectivity index (χ0) is 16.4. The molecular formula is C17H25ClN4O. The lowest BCUT2D eigenvalue weighted by Crippen LogP contribution is -2.29. The number of pyridine rings is 1. The molecule has 1 fully saturated rings. The smallest absolute Gasteiger partial charge is 0.159 e. The van der Waals surface area contributed by atoms with Crippen molar-refractivity contribution in [2.75, 3.05) is 13.2 Å². The Hall–Kier alpha value is -1.17. The van der Waals surface area contributed by atoms with Crippen LogP contribution in [-0.2, 0) is 6.54 Å². The Morgan fingerprint density at radius 2 is 2.26 bits per heavy atom. The summed E-state index contributed by atoms with van der Waals surface area (Å²) in [5.41, 5.74) is 1.92. The molecule has 0 spiro atoms. The summed E-state index contributed by atoms with van der Waals surface area (Å²) < 4.78 is 1.91. The van der Waals surface area contributed by atoms with Crippen LogP contribution in [0.1, 0.15) is 51.1 Å². The summed E-state index contributed by atoms with van der Waals surface area (Å²) in [6.07, 6.45) is 6.21. The third kappa shape index (κ3) is 3.52. The molecule has 1 N–H and O–H groups in total.